The van der Waals surface area contributed by atoms with Crippen LogP contribution >= 0.6 is 23.2 Å². The summed E-state index contributed by atoms with van der Waals surface area (Å²) in [6.07, 6.45) is 4.37. The minimum absolute atomic E-state index is 0.0421. The number of piperidine rings is 1. The van der Waals surface area contributed by atoms with Gasteiger partial charge in [-0.1, -0.05) is 29.3 Å². The maximum atomic E-state index is 9.27. The highest BCUT2D eigenvalue weighted by molar-refractivity contribution is 6.35. The third kappa shape index (κ3) is 4.78. The number of nitrogens with zero attached hydrogens (tertiary/aromatic N) is 4. The van der Waals surface area contributed by atoms with Gasteiger partial charge in [0.15, 0.2) is 0 Å². The molecule has 2 saturated heterocycles. The Hall–Kier alpha value is -2.06. The predicted octanol–water partition coefficient (Wildman–Crippen LogP) is 4.58. The Bertz CT molecular complexity index is 1110. The second-order valence-corrected chi connectivity index (χ2v) is 10.1. The van der Waals surface area contributed by atoms with E-state index in [1.807, 2.05) is 24.4 Å². The zero-order chi connectivity index (χ0) is 22.9. The summed E-state index contributed by atoms with van der Waals surface area (Å²) in [4.78, 5) is 17.6. The maximum absolute atomic E-state index is 9.27. The Labute approximate surface area is 204 Å². The average Bonchev–Trinajstić information content (AvgIpc) is 3.22. The van der Waals surface area contributed by atoms with Gasteiger partial charge in [-0.05, 0) is 61.9 Å². The number of hydrogen-bond acceptors (Lipinski definition) is 6. The molecule has 2 aromatic heterocycles. The van der Waals surface area contributed by atoms with Crippen molar-refractivity contribution in [2.24, 2.45) is 11.8 Å². The van der Waals surface area contributed by atoms with Crippen LogP contribution in [0.2, 0.25) is 10.0 Å². The van der Waals surface area contributed by atoms with E-state index in [1.54, 1.807) is 6.07 Å². The van der Waals surface area contributed by atoms with Gasteiger partial charge in [0.05, 0.1) is 18.0 Å². The highest BCUT2D eigenvalue weighted by atomic mass is 35.5. The van der Waals surface area contributed by atoms with Gasteiger partial charge in [0, 0.05) is 42.4 Å². The van der Waals surface area contributed by atoms with E-state index in [2.05, 4.69) is 27.0 Å². The number of aliphatic hydroxyl groups excluding tert-OH is 1. The Morgan fingerprint density at radius 2 is 2.03 bits per heavy atom. The molecule has 4 heterocycles. The van der Waals surface area contributed by atoms with Crippen molar-refractivity contribution in [3.8, 4) is 0 Å². The largest absolute Gasteiger partial charge is 0.395 e. The molecule has 0 bridgehead atoms. The third-order valence-corrected chi connectivity index (χ3v) is 7.57. The van der Waals surface area contributed by atoms with E-state index in [9.17, 15) is 5.11 Å². The van der Waals surface area contributed by atoms with E-state index in [1.165, 1.54) is 12.8 Å². The van der Waals surface area contributed by atoms with E-state index >= 15 is 0 Å². The number of rotatable bonds is 7. The van der Waals surface area contributed by atoms with E-state index in [-0.39, 0.29) is 12.6 Å². The smallest absolute Gasteiger partial charge is 0.229 e. The number of H-pyrrole nitrogens is 1. The molecule has 7 nitrogen and oxygen atoms in total. The van der Waals surface area contributed by atoms with Crippen LogP contribution in [-0.2, 0) is 0 Å². The van der Waals surface area contributed by atoms with Crippen molar-refractivity contribution in [1.29, 1.82) is 0 Å². The summed E-state index contributed by atoms with van der Waals surface area (Å²) in [5.74, 6) is 2.88. The maximum Gasteiger partial charge on any atom is 0.229 e. The summed E-state index contributed by atoms with van der Waals surface area (Å²) in [6.45, 7) is 7.22. The summed E-state index contributed by atoms with van der Waals surface area (Å²) in [7, 11) is 0. The van der Waals surface area contributed by atoms with E-state index in [0.29, 0.717) is 21.9 Å². The molecule has 33 heavy (non-hydrogen) atoms. The second-order valence-electron chi connectivity index (χ2n) is 9.24. The number of likely N-dealkylation sites (tertiary alicyclic amines) is 1. The lowest BCUT2D eigenvalue weighted by Crippen LogP contribution is -2.54. The van der Waals surface area contributed by atoms with Gasteiger partial charge in [0.2, 0.25) is 5.95 Å². The van der Waals surface area contributed by atoms with Crippen LogP contribution in [0.25, 0.3) is 11.0 Å². The molecular weight excluding hydrogens is 459 g/mol. The van der Waals surface area contributed by atoms with E-state index in [4.69, 9.17) is 33.2 Å². The fourth-order valence-electron chi connectivity index (χ4n) is 5.11. The van der Waals surface area contributed by atoms with Crippen LogP contribution in [0.3, 0.4) is 0 Å². The van der Waals surface area contributed by atoms with Crippen molar-refractivity contribution in [3.05, 3.63) is 46.1 Å². The van der Waals surface area contributed by atoms with Crippen LogP contribution in [0.15, 0.2) is 30.5 Å². The minimum atomic E-state index is -0.0421. The van der Waals surface area contributed by atoms with Gasteiger partial charge in [-0.3, -0.25) is 0 Å². The normalized spacial score (nSPS) is 20.7. The van der Waals surface area contributed by atoms with E-state index in [0.717, 1.165) is 61.1 Å². The summed E-state index contributed by atoms with van der Waals surface area (Å²) < 4.78 is 0. The molecule has 2 aliphatic heterocycles. The summed E-state index contributed by atoms with van der Waals surface area (Å²) in [5, 5.41) is 15.0. The number of aromatic nitrogens is 3. The number of aromatic amines is 1. The lowest BCUT2D eigenvalue weighted by atomic mass is 9.81. The van der Waals surface area contributed by atoms with Gasteiger partial charge < -0.3 is 25.2 Å². The fourth-order valence-corrected chi connectivity index (χ4v) is 5.68. The first-order valence-corrected chi connectivity index (χ1v) is 12.4. The average molecular weight is 489 g/mol. The number of anilines is 2. The molecule has 0 amide bonds. The minimum Gasteiger partial charge on any atom is -0.395 e. The first-order chi connectivity index (χ1) is 16.0. The molecule has 0 saturated carbocycles. The molecule has 2 atom stereocenters. The number of β-amino-alcohol motifs (C(OH)–C–C–N with tert-alkyl or cyclic N) is 1. The molecule has 3 N–H and O–H groups in total. The van der Waals surface area contributed by atoms with Crippen molar-refractivity contribution >= 4 is 46.0 Å². The fraction of sp³-hybridized carbons (Fsp3) is 0.500. The zero-order valence-electron chi connectivity index (χ0n) is 18.8. The van der Waals surface area contributed by atoms with Crippen LogP contribution < -0.4 is 10.2 Å². The first kappa shape index (κ1) is 22.7. The molecule has 9 heteroatoms. The molecule has 0 radical (unpaired) electrons. The van der Waals surface area contributed by atoms with Gasteiger partial charge in [-0.2, -0.15) is 9.97 Å². The number of fused-ring (bicyclic) bond motifs is 1. The van der Waals surface area contributed by atoms with Crippen molar-refractivity contribution in [1.82, 2.24) is 19.9 Å². The standard InChI is InChI=1S/C24H30Cl2N6O/c1-15(19-5-4-18(25)11-21(19)26)28-23-20-6-7-27-22(20)29-24(30-23)32-13-17(14-32)16-3-2-8-31(12-16)9-10-33/h4-7,11,15-17,33H,2-3,8-10,12-14H2,1H3,(H2,27,28,29,30)/t15?,16-/m0/s1. The van der Waals surface area contributed by atoms with Crippen molar-refractivity contribution in [2.75, 3.05) is 49.5 Å². The topological polar surface area (TPSA) is 80.3 Å². The Morgan fingerprint density at radius 3 is 2.82 bits per heavy atom. The molecule has 0 aliphatic carbocycles. The second kappa shape index (κ2) is 9.66. The Balaban J connectivity index is 1.30. The van der Waals surface area contributed by atoms with Crippen molar-refractivity contribution in [2.45, 2.75) is 25.8 Å². The van der Waals surface area contributed by atoms with Gasteiger partial charge in [-0.25, -0.2) is 0 Å². The summed E-state index contributed by atoms with van der Waals surface area (Å²) >= 11 is 12.5. The van der Waals surface area contributed by atoms with Crippen molar-refractivity contribution < 1.29 is 5.11 Å². The van der Waals surface area contributed by atoms with Gasteiger partial charge >= 0.3 is 0 Å². The monoisotopic (exact) mass is 488 g/mol. The first-order valence-electron chi connectivity index (χ1n) is 11.7. The molecular formula is C24H30Cl2N6O. The number of aliphatic hydroxyl groups is 1. The molecule has 1 unspecified atom stereocenters. The molecule has 3 aromatic rings. The number of benzene rings is 1. The van der Waals surface area contributed by atoms with Crippen LogP contribution in [0.5, 0.6) is 0 Å². The van der Waals surface area contributed by atoms with Gasteiger partial charge in [0.1, 0.15) is 11.5 Å². The molecule has 176 valence electrons. The number of halogens is 2. The van der Waals surface area contributed by atoms with Gasteiger partial charge in [-0.15, -0.1) is 0 Å². The van der Waals surface area contributed by atoms with Crippen LogP contribution in [0, 0.1) is 11.8 Å². The zero-order valence-corrected chi connectivity index (χ0v) is 20.3. The summed E-state index contributed by atoms with van der Waals surface area (Å²) in [5.41, 5.74) is 1.80. The molecule has 5 rings (SSSR count). The van der Waals surface area contributed by atoms with Crippen LogP contribution in [0.1, 0.15) is 31.4 Å². The Kier molecular flexibility index (Phi) is 6.65. The SMILES string of the molecule is CC(Nc1nc(N2CC([C@H]3CCCN(CCO)C3)C2)nc2[nH]ccc12)c1ccc(Cl)cc1Cl. The molecule has 0 spiro atoms. The molecule has 2 aliphatic rings. The molecule has 2 fully saturated rings. The van der Waals surface area contributed by atoms with Gasteiger partial charge in [0.25, 0.3) is 0 Å². The quantitative estimate of drug-likeness (QED) is 0.451. The third-order valence-electron chi connectivity index (χ3n) is 7.00. The predicted molar refractivity (Wildman–Crippen MR) is 134 cm³/mol. The lowest BCUT2D eigenvalue weighted by molar-refractivity contribution is 0.101. The Morgan fingerprint density at radius 1 is 1.18 bits per heavy atom. The van der Waals surface area contributed by atoms with Crippen molar-refractivity contribution in [3.63, 3.8) is 0 Å². The molecule has 1 aromatic carbocycles. The van der Waals surface area contributed by atoms with Crippen LogP contribution in [0.4, 0.5) is 11.8 Å². The van der Waals surface area contributed by atoms with E-state index < -0.39 is 0 Å². The highest BCUT2D eigenvalue weighted by Gasteiger charge is 2.37. The number of hydrogen-bond donors (Lipinski definition) is 3. The highest BCUT2D eigenvalue weighted by Crippen LogP contribution is 2.35. The number of nitrogens with one attached hydrogen (secondary N) is 2. The summed E-state index contributed by atoms with van der Waals surface area (Å²) in [6, 6.07) is 7.52. The van der Waals surface area contributed by atoms with Crippen LogP contribution in [-0.4, -0.2) is 64.3 Å². The lowest BCUT2D eigenvalue weighted by Gasteiger charge is -2.46.